The maximum atomic E-state index is 13.9. The molecule has 65 heavy (non-hydrogen) atoms. The van der Waals surface area contributed by atoms with Crippen LogP contribution in [-0.4, -0.2) is 28.3 Å². The van der Waals surface area contributed by atoms with E-state index in [0.29, 0.717) is 23.4 Å². The second-order valence-electron chi connectivity index (χ2n) is 18.7. The van der Waals surface area contributed by atoms with Crippen molar-refractivity contribution in [3.8, 4) is 56.4 Å². The molecule has 0 N–H and O–H groups in total. The summed E-state index contributed by atoms with van der Waals surface area (Å²) >= 11 is 0. The minimum absolute atomic E-state index is 0.0821. The van der Waals surface area contributed by atoms with E-state index in [1.165, 1.54) is 41.5 Å². The molecule has 10 aromatic rings. The van der Waals surface area contributed by atoms with E-state index in [2.05, 4.69) is 188 Å². The van der Waals surface area contributed by atoms with Gasteiger partial charge in [0, 0.05) is 27.4 Å². The Kier molecular flexibility index (Phi) is 9.51. The van der Waals surface area contributed by atoms with Gasteiger partial charge in [-0.05, 0) is 116 Å². The van der Waals surface area contributed by atoms with Gasteiger partial charge in [0.2, 0.25) is 0 Å². The number of aromatic nitrogens is 3. The largest absolute Gasteiger partial charge is 0.319 e. The van der Waals surface area contributed by atoms with Gasteiger partial charge in [-0.1, -0.05) is 194 Å². The zero-order chi connectivity index (χ0) is 43.7. The molecule has 0 spiro atoms. The van der Waals surface area contributed by atoms with Crippen molar-refractivity contribution in [1.82, 2.24) is 15.0 Å². The molecule has 4 nitrogen and oxygen atoms in total. The summed E-state index contributed by atoms with van der Waals surface area (Å²) in [5.41, 5.74) is 10.2. The minimum Gasteiger partial charge on any atom is -0.319 e. The fraction of sp³-hybridized carbons (Fsp3) is 0.150. The molecule has 3 atom stereocenters. The second kappa shape index (κ2) is 15.6. The first-order valence-corrected chi connectivity index (χ1v) is 25.5. The van der Waals surface area contributed by atoms with E-state index in [4.69, 9.17) is 15.0 Å². The summed E-state index contributed by atoms with van der Waals surface area (Å²) in [7, 11) is -2.58. The van der Waals surface area contributed by atoms with E-state index in [9.17, 15) is 4.57 Å². The van der Waals surface area contributed by atoms with Gasteiger partial charge < -0.3 is 4.57 Å². The molecule has 5 heteroatoms. The maximum Gasteiger partial charge on any atom is 0.164 e. The van der Waals surface area contributed by atoms with Crippen molar-refractivity contribution < 1.29 is 4.57 Å². The summed E-state index contributed by atoms with van der Waals surface area (Å²) in [5.74, 6) is 3.27. The van der Waals surface area contributed by atoms with Crippen LogP contribution in [0.15, 0.2) is 194 Å². The Morgan fingerprint density at radius 3 is 1.62 bits per heavy atom. The second-order valence-corrected chi connectivity index (χ2v) is 21.8. The summed E-state index contributed by atoms with van der Waals surface area (Å²) in [6.07, 6.45) is 4.97. The molecule has 0 amide bonds. The number of fused-ring (bicyclic) bond motifs is 5. The first-order valence-electron chi connectivity index (χ1n) is 22.9. The van der Waals surface area contributed by atoms with Gasteiger partial charge in [-0.15, -0.1) is 0 Å². The van der Waals surface area contributed by atoms with Crippen LogP contribution in [0.4, 0.5) is 0 Å². The maximum absolute atomic E-state index is 13.9. The standard InChI is InChI=1S/C60H48N3OP/c1-65(2,64)56-52-23-10-8-21-50(52)55(51-22-9-11-24-53(51)56)42-27-32-46(33-28-42)60(38-39-26-31-48(60)36-39)47-34-29-43(30-35-47)57-61-58(45-19-12-18-44(37-45)40-14-4-3-5-15-40)63-59(62-57)54-25-13-17-41-16-6-7-20-49(41)54/h3-25,27-30,32-35,37,39,48H,26,31,36,38H2,1-2H3. The van der Waals surface area contributed by atoms with Crippen LogP contribution in [0, 0.1) is 11.8 Å². The normalized spacial score (nSPS) is 18.2. The van der Waals surface area contributed by atoms with Crippen molar-refractivity contribution in [3.63, 3.8) is 0 Å². The monoisotopic (exact) mass is 857 g/mol. The van der Waals surface area contributed by atoms with Gasteiger partial charge in [0.15, 0.2) is 17.5 Å². The number of hydrogen-bond acceptors (Lipinski definition) is 4. The van der Waals surface area contributed by atoms with Crippen LogP contribution in [0.2, 0.25) is 0 Å². The van der Waals surface area contributed by atoms with Gasteiger partial charge in [-0.3, -0.25) is 0 Å². The van der Waals surface area contributed by atoms with E-state index in [0.717, 1.165) is 77.8 Å². The summed E-state index contributed by atoms with van der Waals surface area (Å²) in [5, 5.41) is 7.70. The van der Waals surface area contributed by atoms with Crippen LogP contribution in [0.3, 0.4) is 0 Å². The molecule has 2 aliphatic carbocycles. The lowest BCUT2D eigenvalue weighted by Gasteiger charge is -2.39. The Morgan fingerprint density at radius 1 is 0.462 bits per heavy atom. The third kappa shape index (κ3) is 6.74. The van der Waals surface area contributed by atoms with Gasteiger partial charge in [-0.2, -0.15) is 0 Å². The van der Waals surface area contributed by atoms with Gasteiger partial charge >= 0.3 is 0 Å². The predicted octanol–water partition coefficient (Wildman–Crippen LogP) is 15.0. The highest BCUT2D eigenvalue weighted by molar-refractivity contribution is 7.71. The smallest absolute Gasteiger partial charge is 0.164 e. The highest BCUT2D eigenvalue weighted by atomic mass is 31.2. The zero-order valence-electron chi connectivity index (χ0n) is 36.7. The van der Waals surface area contributed by atoms with Crippen molar-refractivity contribution in [2.75, 3.05) is 13.3 Å². The fourth-order valence-corrected chi connectivity index (χ4v) is 13.2. The van der Waals surface area contributed by atoms with Crippen LogP contribution in [0.1, 0.15) is 36.8 Å². The van der Waals surface area contributed by atoms with Crippen LogP contribution in [0.25, 0.3) is 88.7 Å². The van der Waals surface area contributed by atoms with Gasteiger partial charge in [0.25, 0.3) is 0 Å². The molecule has 2 saturated carbocycles. The van der Waals surface area contributed by atoms with E-state index in [1.54, 1.807) is 0 Å². The molecule has 9 aromatic carbocycles. The summed E-state index contributed by atoms with van der Waals surface area (Å²) < 4.78 is 13.9. The number of benzene rings is 9. The highest BCUT2D eigenvalue weighted by Crippen LogP contribution is 2.60. The number of hydrogen-bond donors (Lipinski definition) is 0. The third-order valence-electron chi connectivity index (χ3n) is 14.5. The lowest BCUT2D eigenvalue weighted by molar-refractivity contribution is 0.320. The predicted molar refractivity (Wildman–Crippen MR) is 271 cm³/mol. The van der Waals surface area contributed by atoms with Crippen molar-refractivity contribution in [3.05, 3.63) is 205 Å². The summed E-state index contributed by atoms with van der Waals surface area (Å²) in [6.45, 7) is 3.79. The molecule has 2 fully saturated rings. The zero-order valence-corrected chi connectivity index (χ0v) is 37.5. The number of nitrogens with zero attached hydrogens (tertiary/aromatic N) is 3. The van der Waals surface area contributed by atoms with Crippen LogP contribution in [-0.2, 0) is 9.98 Å². The van der Waals surface area contributed by atoms with E-state index < -0.39 is 7.14 Å². The van der Waals surface area contributed by atoms with E-state index in [-0.39, 0.29) is 5.41 Å². The molecule has 0 aliphatic heterocycles. The molecule has 2 bridgehead atoms. The van der Waals surface area contributed by atoms with Crippen molar-refractivity contribution in [2.24, 2.45) is 11.8 Å². The molecule has 0 saturated heterocycles. The van der Waals surface area contributed by atoms with Crippen LogP contribution >= 0.6 is 7.14 Å². The van der Waals surface area contributed by atoms with E-state index >= 15 is 0 Å². The van der Waals surface area contributed by atoms with Gasteiger partial charge in [0.05, 0.1) is 0 Å². The van der Waals surface area contributed by atoms with Crippen molar-refractivity contribution in [1.29, 1.82) is 0 Å². The Labute approximate surface area is 380 Å². The first-order chi connectivity index (χ1) is 31.8. The lowest BCUT2D eigenvalue weighted by Crippen LogP contribution is -2.34. The molecular formula is C60H48N3OP. The molecule has 1 aromatic heterocycles. The SMILES string of the molecule is CP(C)(=O)c1c2ccccc2c(-c2ccc(C3(c4ccc(-c5nc(-c6cccc(-c7ccccc7)c6)nc(-c6cccc7ccccc67)n5)cc4)CC4CCC3C4)cc2)c2ccccc12. The fourth-order valence-electron chi connectivity index (χ4n) is 11.7. The molecule has 314 valence electrons. The molecular weight excluding hydrogens is 810 g/mol. The quantitative estimate of drug-likeness (QED) is 0.113. The Balaban J connectivity index is 0.960. The Morgan fingerprint density at radius 2 is 0.985 bits per heavy atom. The highest BCUT2D eigenvalue weighted by Gasteiger charge is 2.52. The minimum atomic E-state index is -2.58. The summed E-state index contributed by atoms with van der Waals surface area (Å²) in [6, 6.07) is 69.5. The molecule has 12 rings (SSSR count). The van der Waals surface area contributed by atoms with Crippen LogP contribution in [0.5, 0.6) is 0 Å². The molecule has 1 heterocycles. The van der Waals surface area contributed by atoms with Gasteiger partial charge in [-0.25, -0.2) is 15.0 Å². The van der Waals surface area contributed by atoms with E-state index in [1.807, 2.05) is 19.4 Å². The molecule has 2 aliphatic rings. The summed E-state index contributed by atoms with van der Waals surface area (Å²) in [4.78, 5) is 15.6. The topological polar surface area (TPSA) is 55.7 Å². The number of rotatable bonds is 8. The molecule has 3 unspecified atom stereocenters. The molecule has 0 radical (unpaired) electrons. The average Bonchev–Trinajstić information content (AvgIpc) is 3.99. The third-order valence-corrected chi connectivity index (χ3v) is 16.1. The first kappa shape index (κ1) is 39.6. The van der Waals surface area contributed by atoms with Gasteiger partial charge in [0.1, 0.15) is 7.14 Å². The van der Waals surface area contributed by atoms with Crippen molar-refractivity contribution in [2.45, 2.75) is 31.1 Å². The van der Waals surface area contributed by atoms with Crippen LogP contribution < -0.4 is 5.30 Å². The Bertz CT molecular complexity index is 3440. The van der Waals surface area contributed by atoms with Crippen molar-refractivity contribution >= 4 is 44.8 Å². The Hall–Kier alpha value is -7.00. The lowest BCUT2D eigenvalue weighted by atomic mass is 9.64. The average molecular weight is 858 g/mol.